The first-order chi connectivity index (χ1) is 19.0. The maximum Gasteiger partial charge on any atom is 0.264 e. The number of hydrogen-bond donors (Lipinski definition) is 1. The summed E-state index contributed by atoms with van der Waals surface area (Å²) in [6.45, 7) is 8.93. The quantitative estimate of drug-likeness (QED) is 0.339. The number of benzene rings is 3. The molecule has 40 heavy (non-hydrogen) atoms. The zero-order valence-electron chi connectivity index (χ0n) is 24.0. The summed E-state index contributed by atoms with van der Waals surface area (Å²) in [5.41, 5.74) is 2.89. The molecule has 3 aromatic carbocycles. The second-order valence-corrected chi connectivity index (χ2v) is 11.9. The van der Waals surface area contributed by atoms with Gasteiger partial charge in [0.1, 0.15) is 18.3 Å². The lowest BCUT2D eigenvalue weighted by atomic mass is 10.1. The molecule has 0 fully saturated rings. The molecule has 0 heterocycles. The second kappa shape index (κ2) is 13.5. The van der Waals surface area contributed by atoms with E-state index in [0.29, 0.717) is 5.75 Å². The fourth-order valence-corrected chi connectivity index (χ4v) is 5.72. The molecule has 2 amide bonds. The molecular formula is C31H39N3O5S. The smallest absolute Gasteiger partial charge is 0.264 e. The SMILES string of the molecule is CC[C@H](C)NC(=O)[C@H](C)N(Cc1cccc(C)c1)C(=O)CN(c1cc(C)ccc1OC)S(=O)(=O)c1ccccc1. The monoisotopic (exact) mass is 565 g/mol. The Morgan fingerprint density at radius 3 is 2.23 bits per heavy atom. The molecule has 0 unspecified atom stereocenters. The minimum Gasteiger partial charge on any atom is -0.495 e. The van der Waals surface area contributed by atoms with Crippen LogP contribution in [0.15, 0.2) is 77.7 Å². The van der Waals surface area contributed by atoms with E-state index in [1.54, 1.807) is 37.3 Å². The Kier molecular flexibility index (Phi) is 10.3. The van der Waals surface area contributed by atoms with Crippen LogP contribution in [-0.2, 0) is 26.2 Å². The van der Waals surface area contributed by atoms with Crippen LogP contribution in [0.2, 0.25) is 0 Å². The third-order valence-corrected chi connectivity index (χ3v) is 8.59. The largest absolute Gasteiger partial charge is 0.495 e. The van der Waals surface area contributed by atoms with Crippen molar-refractivity contribution in [1.82, 2.24) is 10.2 Å². The van der Waals surface area contributed by atoms with Crippen LogP contribution < -0.4 is 14.4 Å². The molecule has 8 nitrogen and oxygen atoms in total. The summed E-state index contributed by atoms with van der Waals surface area (Å²) < 4.78 is 34.5. The number of amides is 2. The van der Waals surface area contributed by atoms with E-state index in [2.05, 4.69) is 5.32 Å². The first-order valence-electron chi connectivity index (χ1n) is 13.4. The van der Waals surface area contributed by atoms with Gasteiger partial charge in [0.2, 0.25) is 11.8 Å². The van der Waals surface area contributed by atoms with Crippen molar-refractivity contribution in [3.63, 3.8) is 0 Å². The first kappa shape index (κ1) is 30.7. The number of anilines is 1. The van der Waals surface area contributed by atoms with Gasteiger partial charge >= 0.3 is 0 Å². The van der Waals surface area contributed by atoms with Crippen LogP contribution in [0.1, 0.15) is 43.9 Å². The van der Waals surface area contributed by atoms with Gasteiger partial charge < -0.3 is 15.0 Å². The van der Waals surface area contributed by atoms with Crippen molar-refractivity contribution >= 4 is 27.5 Å². The highest BCUT2D eigenvalue weighted by Gasteiger charge is 2.34. The predicted octanol–water partition coefficient (Wildman–Crippen LogP) is 4.84. The molecule has 214 valence electrons. The van der Waals surface area contributed by atoms with Gasteiger partial charge in [0.05, 0.1) is 17.7 Å². The molecule has 0 saturated heterocycles. The fourth-order valence-electron chi connectivity index (χ4n) is 4.28. The molecule has 0 bridgehead atoms. The topological polar surface area (TPSA) is 96.0 Å². The fraction of sp³-hybridized carbons (Fsp3) is 0.355. The summed E-state index contributed by atoms with van der Waals surface area (Å²) in [6.07, 6.45) is 0.737. The van der Waals surface area contributed by atoms with Crippen molar-refractivity contribution in [2.45, 2.75) is 64.6 Å². The Morgan fingerprint density at radius 1 is 0.925 bits per heavy atom. The Hall–Kier alpha value is -3.85. The zero-order chi connectivity index (χ0) is 29.4. The summed E-state index contributed by atoms with van der Waals surface area (Å²) >= 11 is 0. The Bertz CT molecular complexity index is 1430. The minimum atomic E-state index is -4.18. The Morgan fingerprint density at radius 2 is 1.60 bits per heavy atom. The number of methoxy groups -OCH3 is 1. The third-order valence-electron chi connectivity index (χ3n) is 6.82. The molecule has 1 N–H and O–H groups in total. The molecule has 3 rings (SSSR count). The van der Waals surface area contributed by atoms with Crippen LogP contribution >= 0.6 is 0 Å². The van der Waals surface area contributed by atoms with E-state index >= 15 is 0 Å². The number of nitrogens with zero attached hydrogens (tertiary/aromatic N) is 2. The van der Waals surface area contributed by atoms with Crippen molar-refractivity contribution in [3.8, 4) is 5.75 Å². The summed E-state index contributed by atoms with van der Waals surface area (Å²) in [5.74, 6) is -0.511. The maximum atomic E-state index is 14.1. The summed E-state index contributed by atoms with van der Waals surface area (Å²) in [4.78, 5) is 28.7. The molecule has 2 atom stereocenters. The minimum absolute atomic E-state index is 0.0409. The molecular weight excluding hydrogens is 526 g/mol. The van der Waals surface area contributed by atoms with E-state index in [0.717, 1.165) is 27.4 Å². The standard InChI is InChI=1S/C31H39N3O5S/c1-7-24(4)32-31(36)25(5)33(20-26-13-11-12-22(2)18-26)30(35)21-34(28-19-23(3)16-17-29(28)39-6)40(37,38)27-14-9-8-10-15-27/h8-19,24-25H,7,20-21H2,1-6H3,(H,32,36)/t24-,25-/m0/s1. The van der Waals surface area contributed by atoms with Gasteiger partial charge in [0.25, 0.3) is 10.0 Å². The highest BCUT2D eigenvalue weighted by Crippen LogP contribution is 2.33. The number of carbonyl (C=O) groups is 2. The number of ether oxygens (including phenoxy) is 1. The molecule has 0 spiro atoms. The van der Waals surface area contributed by atoms with Crippen molar-refractivity contribution in [2.24, 2.45) is 0 Å². The summed E-state index contributed by atoms with van der Waals surface area (Å²) in [6, 6.07) is 19.9. The van der Waals surface area contributed by atoms with Gasteiger partial charge in [0, 0.05) is 12.6 Å². The van der Waals surface area contributed by atoms with E-state index in [-0.39, 0.29) is 29.1 Å². The van der Waals surface area contributed by atoms with Crippen LogP contribution in [0, 0.1) is 13.8 Å². The molecule has 0 radical (unpaired) electrons. The van der Waals surface area contributed by atoms with E-state index < -0.39 is 28.5 Å². The molecule has 0 aromatic heterocycles. The van der Waals surface area contributed by atoms with E-state index in [1.807, 2.05) is 58.0 Å². The van der Waals surface area contributed by atoms with Crippen molar-refractivity contribution < 1.29 is 22.7 Å². The van der Waals surface area contributed by atoms with Gasteiger partial charge in [-0.05, 0) is 69.5 Å². The third kappa shape index (κ3) is 7.41. The summed E-state index contributed by atoms with van der Waals surface area (Å²) in [5, 5.41) is 2.94. The predicted molar refractivity (Wildman–Crippen MR) is 158 cm³/mol. The van der Waals surface area contributed by atoms with Crippen LogP contribution in [0.4, 0.5) is 5.69 Å². The van der Waals surface area contributed by atoms with Crippen molar-refractivity contribution in [2.75, 3.05) is 18.0 Å². The molecule has 0 aliphatic rings. The average Bonchev–Trinajstić information content (AvgIpc) is 2.94. The van der Waals surface area contributed by atoms with Crippen LogP contribution in [0.25, 0.3) is 0 Å². The molecule has 3 aromatic rings. The lowest BCUT2D eigenvalue weighted by Gasteiger charge is -2.33. The normalized spacial score (nSPS) is 12.8. The number of sulfonamides is 1. The first-order valence-corrected chi connectivity index (χ1v) is 14.8. The summed E-state index contributed by atoms with van der Waals surface area (Å²) in [7, 11) is -2.72. The van der Waals surface area contributed by atoms with Gasteiger partial charge in [-0.15, -0.1) is 0 Å². The molecule has 0 saturated carbocycles. The number of hydrogen-bond acceptors (Lipinski definition) is 5. The number of nitrogens with one attached hydrogen (secondary N) is 1. The maximum absolute atomic E-state index is 14.1. The van der Waals surface area contributed by atoms with Crippen LogP contribution in [0.3, 0.4) is 0 Å². The van der Waals surface area contributed by atoms with Crippen LogP contribution in [-0.4, -0.2) is 50.9 Å². The molecule has 9 heteroatoms. The van der Waals surface area contributed by atoms with Gasteiger partial charge in [-0.2, -0.15) is 0 Å². The molecule has 0 aliphatic carbocycles. The van der Waals surface area contributed by atoms with Gasteiger partial charge in [-0.3, -0.25) is 13.9 Å². The van der Waals surface area contributed by atoms with Crippen molar-refractivity contribution in [3.05, 3.63) is 89.5 Å². The van der Waals surface area contributed by atoms with E-state index in [9.17, 15) is 18.0 Å². The Balaban J connectivity index is 2.08. The lowest BCUT2D eigenvalue weighted by molar-refractivity contribution is -0.139. The zero-order valence-corrected chi connectivity index (χ0v) is 24.9. The van der Waals surface area contributed by atoms with E-state index in [1.165, 1.54) is 24.1 Å². The van der Waals surface area contributed by atoms with E-state index in [4.69, 9.17) is 4.74 Å². The second-order valence-electron chi connectivity index (χ2n) is 10.0. The highest BCUT2D eigenvalue weighted by atomic mass is 32.2. The van der Waals surface area contributed by atoms with Gasteiger partial charge in [-0.1, -0.05) is 61.0 Å². The highest BCUT2D eigenvalue weighted by molar-refractivity contribution is 7.92. The lowest BCUT2D eigenvalue weighted by Crippen LogP contribution is -2.52. The number of rotatable bonds is 12. The van der Waals surface area contributed by atoms with Gasteiger partial charge in [0.15, 0.2) is 0 Å². The number of aryl methyl sites for hydroxylation is 2. The van der Waals surface area contributed by atoms with Crippen molar-refractivity contribution in [1.29, 1.82) is 0 Å². The average molecular weight is 566 g/mol. The number of carbonyl (C=O) groups excluding carboxylic acids is 2. The Labute approximate surface area is 238 Å². The van der Waals surface area contributed by atoms with Gasteiger partial charge in [-0.25, -0.2) is 8.42 Å². The van der Waals surface area contributed by atoms with Crippen LogP contribution in [0.5, 0.6) is 5.75 Å². The molecule has 0 aliphatic heterocycles.